The molecule has 30 heavy (non-hydrogen) atoms. The van der Waals surface area contributed by atoms with Crippen molar-refractivity contribution in [2.75, 3.05) is 14.2 Å². The van der Waals surface area contributed by atoms with Crippen LogP contribution in [0.2, 0.25) is 0 Å². The Morgan fingerprint density at radius 3 is 2.57 bits per heavy atom. The standard InChI is InChI=1S/C25H36O5/c1-6-25(28-5)29-21(26)24(30-25)14-11-20-18-8-7-16-15-17(27-4)9-12-22(16,2)19(18)10-13-23(20,24)3/h7,15,18-20H,6,8-14H2,1-5H3/t18-,19+,20+,22+,23+,24+,25?/m1/s1. The van der Waals surface area contributed by atoms with Crippen molar-refractivity contribution in [3.8, 4) is 0 Å². The summed E-state index contributed by atoms with van der Waals surface area (Å²) >= 11 is 0. The number of carbonyl (C=O) groups excluding carboxylic acids is 1. The van der Waals surface area contributed by atoms with E-state index in [1.54, 1.807) is 14.2 Å². The Kier molecular flexibility index (Phi) is 4.51. The molecule has 0 N–H and O–H groups in total. The van der Waals surface area contributed by atoms with Crippen molar-refractivity contribution in [2.45, 2.75) is 83.7 Å². The summed E-state index contributed by atoms with van der Waals surface area (Å²) in [4.78, 5) is 13.3. The second-order valence-electron chi connectivity index (χ2n) is 10.6. The van der Waals surface area contributed by atoms with Gasteiger partial charge in [0, 0.05) is 25.4 Å². The van der Waals surface area contributed by atoms with Gasteiger partial charge in [-0.2, -0.15) is 0 Å². The van der Waals surface area contributed by atoms with Crippen LogP contribution in [-0.2, 0) is 23.7 Å². The molecule has 1 saturated heterocycles. The molecule has 4 aliphatic carbocycles. The van der Waals surface area contributed by atoms with E-state index >= 15 is 0 Å². The van der Waals surface area contributed by atoms with Gasteiger partial charge in [0.2, 0.25) is 0 Å². The minimum absolute atomic E-state index is 0.204. The molecule has 1 heterocycles. The van der Waals surface area contributed by atoms with Gasteiger partial charge in [-0.1, -0.05) is 26.8 Å². The maximum absolute atomic E-state index is 13.3. The highest BCUT2D eigenvalue weighted by molar-refractivity contribution is 5.83. The molecule has 0 bridgehead atoms. The Balaban J connectivity index is 1.49. The van der Waals surface area contributed by atoms with Crippen LogP contribution < -0.4 is 0 Å². The van der Waals surface area contributed by atoms with Crippen LogP contribution in [-0.4, -0.2) is 31.8 Å². The summed E-state index contributed by atoms with van der Waals surface area (Å²) in [6.45, 7) is 6.69. The van der Waals surface area contributed by atoms with Gasteiger partial charge in [0.25, 0.3) is 0 Å². The topological polar surface area (TPSA) is 54.0 Å². The van der Waals surface area contributed by atoms with Crippen LogP contribution in [0.15, 0.2) is 23.5 Å². The van der Waals surface area contributed by atoms with Gasteiger partial charge in [-0.05, 0) is 73.3 Å². The Hall–Kier alpha value is -1.33. The molecule has 5 aliphatic rings. The summed E-state index contributed by atoms with van der Waals surface area (Å²) in [5.74, 6) is 1.38. The first-order chi connectivity index (χ1) is 14.3. The summed E-state index contributed by atoms with van der Waals surface area (Å²) in [5, 5.41) is 0. The Labute approximate surface area is 180 Å². The van der Waals surface area contributed by atoms with Gasteiger partial charge in [0.05, 0.1) is 12.9 Å². The van der Waals surface area contributed by atoms with Crippen molar-refractivity contribution in [1.29, 1.82) is 0 Å². The Morgan fingerprint density at radius 1 is 1.13 bits per heavy atom. The first-order valence-corrected chi connectivity index (χ1v) is 11.7. The van der Waals surface area contributed by atoms with E-state index in [2.05, 4.69) is 26.0 Å². The number of rotatable bonds is 3. The molecular formula is C25H36O5. The average Bonchev–Trinajstić information content (AvgIpc) is 3.22. The van der Waals surface area contributed by atoms with E-state index in [9.17, 15) is 4.79 Å². The Bertz CT molecular complexity index is 810. The predicted molar refractivity (Wildman–Crippen MR) is 112 cm³/mol. The first-order valence-electron chi connectivity index (χ1n) is 11.7. The lowest BCUT2D eigenvalue weighted by atomic mass is 9.47. The van der Waals surface area contributed by atoms with Gasteiger partial charge in [0.15, 0.2) is 5.60 Å². The van der Waals surface area contributed by atoms with Crippen molar-refractivity contribution >= 4 is 5.97 Å². The summed E-state index contributed by atoms with van der Waals surface area (Å²) in [7, 11) is 3.35. The van der Waals surface area contributed by atoms with E-state index in [0.29, 0.717) is 24.2 Å². The molecule has 3 fully saturated rings. The lowest BCUT2D eigenvalue weighted by Gasteiger charge is -2.57. The van der Waals surface area contributed by atoms with Gasteiger partial charge in [0.1, 0.15) is 0 Å². The fourth-order valence-electron chi connectivity index (χ4n) is 7.89. The van der Waals surface area contributed by atoms with Gasteiger partial charge >= 0.3 is 11.9 Å². The smallest absolute Gasteiger partial charge is 0.343 e. The number of hydrogen-bond donors (Lipinski definition) is 0. The molecule has 0 aromatic carbocycles. The van der Waals surface area contributed by atoms with E-state index in [0.717, 1.165) is 50.7 Å². The van der Waals surface area contributed by atoms with Gasteiger partial charge < -0.3 is 14.2 Å². The SMILES string of the molecule is CCC1(OC)OC(=O)[C@]2(CC[C@H]3[C@@H]4CC=C5C=C(OC)CC[C@]5(C)[C@H]4CC[C@@]32C)O1. The van der Waals surface area contributed by atoms with E-state index in [-0.39, 0.29) is 16.8 Å². The van der Waals surface area contributed by atoms with Crippen LogP contribution in [0, 0.1) is 28.6 Å². The molecule has 0 aromatic rings. The van der Waals surface area contributed by atoms with Gasteiger partial charge in [-0.15, -0.1) is 0 Å². The fraction of sp³-hybridized carbons (Fsp3) is 0.800. The number of esters is 1. The quantitative estimate of drug-likeness (QED) is 0.598. The van der Waals surface area contributed by atoms with Crippen molar-refractivity contribution in [3.05, 3.63) is 23.5 Å². The van der Waals surface area contributed by atoms with Crippen LogP contribution in [0.4, 0.5) is 0 Å². The second kappa shape index (κ2) is 6.59. The molecule has 0 amide bonds. The molecule has 5 nitrogen and oxygen atoms in total. The molecule has 1 unspecified atom stereocenters. The zero-order chi connectivity index (χ0) is 21.4. The van der Waals surface area contributed by atoms with E-state index < -0.39 is 11.6 Å². The van der Waals surface area contributed by atoms with Crippen molar-refractivity contribution in [2.24, 2.45) is 28.6 Å². The molecule has 5 heteroatoms. The zero-order valence-corrected chi connectivity index (χ0v) is 19.1. The minimum atomic E-state index is -1.22. The normalized spacial score (nSPS) is 49.6. The molecule has 0 aromatic heterocycles. The van der Waals surface area contributed by atoms with Gasteiger partial charge in [-0.3, -0.25) is 4.74 Å². The molecular weight excluding hydrogens is 380 g/mol. The third-order valence-corrected chi connectivity index (χ3v) is 9.77. The second-order valence-corrected chi connectivity index (χ2v) is 10.6. The number of fused-ring (bicyclic) bond motifs is 6. The monoisotopic (exact) mass is 416 g/mol. The lowest BCUT2D eigenvalue weighted by Crippen LogP contribution is -2.56. The first kappa shape index (κ1) is 20.6. The van der Waals surface area contributed by atoms with Crippen LogP contribution in [0.5, 0.6) is 0 Å². The number of methoxy groups -OCH3 is 2. The van der Waals surface area contributed by atoms with Crippen molar-refractivity contribution in [1.82, 2.24) is 0 Å². The fourth-order valence-corrected chi connectivity index (χ4v) is 7.89. The molecule has 5 rings (SSSR count). The molecule has 7 atom stereocenters. The highest BCUT2D eigenvalue weighted by Crippen LogP contribution is 2.69. The van der Waals surface area contributed by atoms with Crippen LogP contribution in [0.3, 0.4) is 0 Å². The number of cyclic esters (lactones) is 1. The maximum atomic E-state index is 13.3. The molecule has 2 saturated carbocycles. The third kappa shape index (κ3) is 2.39. The largest absolute Gasteiger partial charge is 0.501 e. The van der Waals surface area contributed by atoms with Crippen LogP contribution in [0.25, 0.3) is 0 Å². The lowest BCUT2D eigenvalue weighted by molar-refractivity contribution is -0.343. The van der Waals surface area contributed by atoms with Crippen LogP contribution >= 0.6 is 0 Å². The number of carbonyl (C=O) groups is 1. The summed E-state index contributed by atoms with van der Waals surface area (Å²) in [6, 6.07) is 0. The highest BCUT2D eigenvalue weighted by atomic mass is 16.9. The number of allylic oxidation sites excluding steroid dienone is 4. The van der Waals surface area contributed by atoms with E-state index in [4.69, 9.17) is 18.9 Å². The van der Waals surface area contributed by atoms with Gasteiger partial charge in [-0.25, -0.2) is 4.79 Å². The van der Waals surface area contributed by atoms with Crippen molar-refractivity contribution in [3.63, 3.8) is 0 Å². The van der Waals surface area contributed by atoms with E-state index in [1.165, 1.54) is 5.57 Å². The number of hydrogen-bond acceptors (Lipinski definition) is 5. The van der Waals surface area contributed by atoms with Crippen LogP contribution in [0.1, 0.15) is 72.1 Å². The molecule has 166 valence electrons. The third-order valence-electron chi connectivity index (χ3n) is 9.77. The summed E-state index contributed by atoms with van der Waals surface area (Å²) in [6.07, 6.45) is 12.4. The predicted octanol–water partition coefficient (Wildman–Crippen LogP) is 5.11. The number of ether oxygens (including phenoxy) is 4. The van der Waals surface area contributed by atoms with E-state index in [1.807, 2.05) is 6.92 Å². The average molecular weight is 417 g/mol. The Morgan fingerprint density at radius 2 is 1.90 bits per heavy atom. The molecule has 1 spiro atoms. The maximum Gasteiger partial charge on any atom is 0.343 e. The summed E-state index contributed by atoms with van der Waals surface area (Å²) < 4.78 is 23.3. The molecule has 0 radical (unpaired) electrons. The highest BCUT2D eigenvalue weighted by Gasteiger charge is 2.73. The minimum Gasteiger partial charge on any atom is -0.501 e. The zero-order valence-electron chi connectivity index (χ0n) is 19.1. The molecule has 1 aliphatic heterocycles. The van der Waals surface area contributed by atoms with Crippen molar-refractivity contribution < 1.29 is 23.7 Å². The summed E-state index contributed by atoms with van der Waals surface area (Å²) in [5.41, 5.74) is 0.600.